The van der Waals surface area contributed by atoms with Gasteiger partial charge in [0.1, 0.15) is 18.3 Å². The normalized spacial score (nSPS) is 12.8. The molecule has 2 atom stereocenters. The van der Waals surface area contributed by atoms with Crippen molar-refractivity contribution in [1.82, 2.24) is 10.2 Å². The number of anilines is 1. The Bertz CT molecular complexity index is 1450. The van der Waals surface area contributed by atoms with Crippen LogP contribution in [0, 0.1) is 20.8 Å². The van der Waals surface area contributed by atoms with Crippen LogP contribution >= 0.6 is 0 Å². The number of carbonyl (C=O) groups excluding carboxylic acids is 2. The third-order valence-corrected chi connectivity index (χ3v) is 9.19. The van der Waals surface area contributed by atoms with Crippen LogP contribution in [0.25, 0.3) is 0 Å². The lowest BCUT2D eigenvalue weighted by Gasteiger charge is -2.33. The van der Waals surface area contributed by atoms with Crippen molar-refractivity contribution in [2.75, 3.05) is 18.0 Å². The first-order valence-corrected chi connectivity index (χ1v) is 15.2. The van der Waals surface area contributed by atoms with Crippen molar-refractivity contribution in [1.29, 1.82) is 0 Å². The molecule has 0 saturated carbocycles. The zero-order valence-corrected chi connectivity index (χ0v) is 25.8. The molecule has 0 aliphatic rings. The first kappa shape index (κ1) is 31.7. The number of nitrogens with one attached hydrogen (secondary N) is 1. The van der Waals surface area contributed by atoms with Crippen molar-refractivity contribution in [3.63, 3.8) is 0 Å². The molecule has 3 rings (SSSR count). The maximum absolute atomic E-state index is 14.1. The summed E-state index contributed by atoms with van der Waals surface area (Å²) in [7, 11) is -2.55. The van der Waals surface area contributed by atoms with Gasteiger partial charge < -0.3 is 15.0 Å². The summed E-state index contributed by atoms with van der Waals surface area (Å²) in [6.45, 7) is 10.8. The maximum Gasteiger partial charge on any atom is 0.264 e. The molecule has 0 heterocycles. The van der Waals surface area contributed by atoms with Crippen LogP contribution in [-0.2, 0) is 26.2 Å². The van der Waals surface area contributed by atoms with Gasteiger partial charge in [-0.3, -0.25) is 13.9 Å². The quantitative estimate of drug-likeness (QED) is 0.320. The fourth-order valence-corrected chi connectivity index (χ4v) is 5.80. The number of hydrogen-bond donors (Lipinski definition) is 1. The molecule has 8 nitrogen and oxygen atoms in total. The van der Waals surface area contributed by atoms with Gasteiger partial charge in [0.25, 0.3) is 10.0 Å². The second kappa shape index (κ2) is 13.7. The minimum absolute atomic E-state index is 0.0729. The molecular formula is C32H41N3O5S. The van der Waals surface area contributed by atoms with Crippen molar-refractivity contribution in [2.24, 2.45) is 0 Å². The van der Waals surface area contributed by atoms with Gasteiger partial charge in [-0.05, 0) is 88.1 Å². The summed E-state index contributed by atoms with van der Waals surface area (Å²) in [4.78, 5) is 28.8. The first-order chi connectivity index (χ1) is 19.4. The number of hydrogen-bond acceptors (Lipinski definition) is 5. The monoisotopic (exact) mass is 579 g/mol. The predicted octanol–water partition coefficient (Wildman–Crippen LogP) is 5.15. The molecule has 3 aromatic carbocycles. The Morgan fingerprint density at radius 1 is 0.927 bits per heavy atom. The Morgan fingerprint density at radius 3 is 2.15 bits per heavy atom. The molecule has 3 aromatic rings. The number of rotatable bonds is 12. The number of nitrogens with zero attached hydrogens (tertiary/aromatic N) is 2. The summed E-state index contributed by atoms with van der Waals surface area (Å²) in [5.41, 5.74) is 3.77. The number of amides is 2. The Morgan fingerprint density at radius 2 is 1.56 bits per heavy atom. The van der Waals surface area contributed by atoms with Crippen LogP contribution in [0.4, 0.5) is 5.69 Å². The number of carbonyl (C=O) groups is 2. The topological polar surface area (TPSA) is 96.0 Å². The Labute approximate surface area is 244 Å². The molecule has 0 fully saturated rings. The fraction of sp³-hybridized carbons (Fsp3) is 0.375. The van der Waals surface area contributed by atoms with E-state index in [0.29, 0.717) is 11.4 Å². The van der Waals surface area contributed by atoms with E-state index < -0.39 is 28.5 Å². The standard InChI is InChI=1S/C32H41N3O5S/c1-8-24(4)33-32(37)26(6)34(20-27-14-16-28(40-7)17-15-27)31(36)21-35(30-11-9-10-23(3)25(30)5)41(38,39)29-18-12-22(2)13-19-29/h9-19,24,26H,8,20-21H2,1-7H3,(H,33,37)/t24-,26+/m0/s1. The maximum atomic E-state index is 14.1. The van der Waals surface area contributed by atoms with E-state index in [1.165, 1.54) is 4.90 Å². The summed E-state index contributed by atoms with van der Waals surface area (Å²) in [6.07, 6.45) is 0.736. The lowest BCUT2D eigenvalue weighted by atomic mass is 10.1. The number of methoxy groups -OCH3 is 1. The molecule has 220 valence electrons. The van der Waals surface area contributed by atoms with Crippen LogP contribution in [0.3, 0.4) is 0 Å². The third kappa shape index (κ3) is 7.67. The van der Waals surface area contributed by atoms with Crippen molar-refractivity contribution in [3.05, 3.63) is 89.0 Å². The van der Waals surface area contributed by atoms with Gasteiger partial charge in [-0.1, -0.05) is 48.9 Å². The molecule has 0 spiro atoms. The second-order valence-electron chi connectivity index (χ2n) is 10.4. The summed E-state index contributed by atoms with van der Waals surface area (Å²) < 4.78 is 34.5. The Balaban J connectivity index is 2.06. The fourth-order valence-electron chi connectivity index (χ4n) is 4.33. The van der Waals surface area contributed by atoms with Crippen molar-refractivity contribution in [2.45, 2.75) is 71.5 Å². The van der Waals surface area contributed by atoms with E-state index in [-0.39, 0.29) is 23.4 Å². The molecule has 0 radical (unpaired) electrons. The Hall–Kier alpha value is -3.85. The second-order valence-corrected chi connectivity index (χ2v) is 12.3. The van der Waals surface area contributed by atoms with Crippen LogP contribution in [0.15, 0.2) is 71.6 Å². The van der Waals surface area contributed by atoms with Crippen LogP contribution < -0.4 is 14.4 Å². The van der Waals surface area contributed by atoms with E-state index in [1.807, 2.05) is 52.8 Å². The van der Waals surface area contributed by atoms with Gasteiger partial charge in [-0.2, -0.15) is 0 Å². The number of benzene rings is 3. The molecule has 2 amide bonds. The summed E-state index contributed by atoms with van der Waals surface area (Å²) in [5, 5.41) is 2.95. The van der Waals surface area contributed by atoms with Gasteiger partial charge in [-0.15, -0.1) is 0 Å². The SMILES string of the molecule is CC[C@H](C)NC(=O)[C@@H](C)N(Cc1ccc(OC)cc1)C(=O)CN(c1cccc(C)c1C)S(=O)(=O)c1ccc(C)cc1. The Kier molecular flexibility index (Phi) is 10.6. The lowest BCUT2D eigenvalue weighted by molar-refractivity contribution is -0.139. The molecule has 0 bridgehead atoms. The molecule has 41 heavy (non-hydrogen) atoms. The van der Waals surface area contributed by atoms with Crippen LogP contribution in [0.1, 0.15) is 49.4 Å². The van der Waals surface area contributed by atoms with Crippen molar-refractivity contribution < 1.29 is 22.7 Å². The zero-order chi connectivity index (χ0) is 30.3. The van der Waals surface area contributed by atoms with Gasteiger partial charge in [0.15, 0.2) is 0 Å². The lowest BCUT2D eigenvalue weighted by Crippen LogP contribution is -2.52. The molecule has 1 N–H and O–H groups in total. The van der Waals surface area contributed by atoms with E-state index in [9.17, 15) is 18.0 Å². The first-order valence-electron chi connectivity index (χ1n) is 13.8. The smallest absolute Gasteiger partial charge is 0.264 e. The van der Waals surface area contributed by atoms with Crippen LogP contribution in [-0.4, -0.2) is 50.9 Å². The molecule has 9 heteroatoms. The van der Waals surface area contributed by atoms with Gasteiger partial charge in [0.05, 0.1) is 17.7 Å². The van der Waals surface area contributed by atoms with Gasteiger partial charge in [-0.25, -0.2) is 8.42 Å². The predicted molar refractivity (Wildman–Crippen MR) is 163 cm³/mol. The highest BCUT2D eigenvalue weighted by Crippen LogP contribution is 2.29. The summed E-state index contributed by atoms with van der Waals surface area (Å²) in [5.74, 6) is -0.135. The van der Waals surface area contributed by atoms with Crippen LogP contribution in [0.5, 0.6) is 5.75 Å². The van der Waals surface area contributed by atoms with E-state index in [2.05, 4.69) is 5.32 Å². The van der Waals surface area contributed by atoms with Gasteiger partial charge in [0.2, 0.25) is 11.8 Å². The highest BCUT2D eigenvalue weighted by atomic mass is 32.2. The highest BCUT2D eigenvalue weighted by molar-refractivity contribution is 7.92. The third-order valence-electron chi connectivity index (χ3n) is 7.41. The van der Waals surface area contributed by atoms with Gasteiger partial charge in [0, 0.05) is 12.6 Å². The average Bonchev–Trinajstić information content (AvgIpc) is 2.96. The van der Waals surface area contributed by atoms with E-state index in [4.69, 9.17) is 4.74 Å². The van der Waals surface area contributed by atoms with E-state index >= 15 is 0 Å². The molecule has 0 aromatic heterocycles. The molecular weight excluding hydrogens is 538 g/mol. The molecule has 0 unspecified atom stereocenters. The molecule has 0 aliphatic carbocycles. The van der Waals surface area contributed by atoms with Crippen molar-refractivity contribution in [3.8, 4) is 5.75 Å². The highest BCUT2D eigenvalue weighted by Gasteiger charge is 2.33. The van der Waals surface area contributed by atoms with Gasteiger partial charge >= 0.3 is 0 Å². The minimum atomic E-state index is -4.12. The zero-order valence-electron chi connectivity index (χ0n) is 25.0. The summed E-state index contributed by atoms with van der Waals surface area (Å²) >= 11 is 0. The minimum Gasteiger partial charge on any atom is -0.497 e. The van der Waals surface area contributed by atoms with Crippen LogP contribution in [0.2, 0.25) is 0 Å². The average molecular weight is 580 g/mol. The van der Waals surface area contributed by atoms with E-state index in [0.717, 1.165) is 33.0 Å². The molecule has 0 saturated heterocycles. The summed E-state index contributed by atoms with van der Waals surface area (Å²) in [6, 6.07) is 18.2. The largest absolute Gasteiger partial charge is 0.497 e. The number of aryl methyl sites for hydroxylation is 2. The number of sulfonamides is 1. The number of ether oxygens (including phenoxy) is 1. The van der Waals surface area contributed by atoms with E-state index in [1.54, 1.807) is 62.6 Å². The van der Waals surface area contributed by atoms with Crippen molar-refractivity contribution >= 4 is 27.5 Å². The molecule has 0 aliphatic heterocycles.